The Labute approximate surface area is 178 Å². The molecular formula is C26H28N2O2. The van der Waals surface area contributed by atoms with Crippen LogP contribution in [0.1, 0.15) is 23.5 Å². The minimum absolute atomic E-state index is 0.320. The van der Waals surface area contributed by atoms with Crippen LogP contribution in [-0.2, 0) is 4.79 Å². The van der Waals surface area contributed by atoms with E-state index in [1.807, 2.05) is 17.0 Å². The highest BCUT2D eigenvalue weighted by Crippen LogP contribution is 2.28. The number of anilines is 1. The average molecular weight is 401 g/mol. The number of nitrogens with zero attached hydrogens (tertiary/aromatic N) is 2. The fraction of sp³-hybridized carbons (Fsp3) is 0.269. The third-order valence-corrected chi connectivity index (χ3v) is 5.74. The van der Waals surface area contributed by atoms with Gasteiger partial charge >= 0.3 is 0 Å². The Kier molecular flexibility index (Phi) is 6.65. The average Bonchev–Trinajstić information content (AvgIpc) is 2.83. The molecule has 30 heavy (non-hydrogen) atoms. The molecule has 1 aliphatic rings. The normalized spacial score (nSPS) is 14.0. The van der Waals surface area contributed by atoms with Crippen molar-refractivity contribution in [2.75, 3.05) is 37.7 Å². The van der Waals surface area contributed by atoms with Gasteiger partial charge in [-0.15, -0.1) is 0 Å². The monoisotopic (exact) mass is 400 g/mol. The summed E-state index contributed by atoms with van der Waals surface area (Å²) in [5, 5.41) is 0. The van der Waals surface area contributed by atoms with Gasteiger partial charge in [0, 0.05) is 37.8 Å². The van der Waals surface area contributed by atoms with Crippen LogP contribution in [0.2, 0.25) is 0 Å². The second-order valence-corrected chi connectivity index (χ2v) is 7.63. The van der Waals surface area contributed by atoms with Crippen LogP contribution in [0.3, 0.4) is 0 Å². The lowest BCUT2D eigenvalue weighted by molar-refractivity contribution is -0.118. The number of carbonyl (C=O) groups is 1. The highest BCUT2D eigenvalue weighted by molar-refractivity contribution is 5.52. The molecule has 4 nitrogen and oxygen atoms in total. The number of piperazine rings is 1. The van der Waals surface area contributed by atoms with Crippen molar-refractivity contribution in [3.8, 4) is 5.75 Å². The minimum atomic E-state index is 0.320. The number of carbonyl (C=O) groups excluding carboxylic acids is 1. The summed E-state index contributed by atoms with van der Waals surface area (Å²) in [6.07, 6.45) is 1.86. The van der Waals surface area contributed by atoms with Crippen molar-refractivity contribution in [3.05, 3.63) is 96.1 Å². The summed E-state index contributed by atoms with van der Waals surface area (Å²) in [6.45, 7) is 3.96. The van der Waals surface area contributed by atoms with Gasteiger partial charge in [-0.2, -0.15) is 0 Å². The van der Waals surface area contributed by atoms with Gasteiger partial charge in [-0.1, -0.05) is 60.7 Å². The van der Waals surface area contributed by atoms with Crippen LogP contribution in [-0.4, -0.2) is 44.1 Å². The van der Waals surface area contributed by atoms with Crippen LogP contribution in [0.4, 0.5) is 5.69 Å². The van der Waals surface area contributed by atoms with E-state index in [4.69, 9.17) is 4.74 Å². The van der Waals surface area contributed by atoms with E-state index < -0.39 is 0 Å². The predicted molar refractivity (Wildman–Crippen MR) is 121 cm³/mol. The van der Waals surface area contributed by atoms with Crippen molar-refractivity contribution in [2.45, 2.75) is 12.3 Å². The molecular weight excluding hydrogens is 372 g/mol. The Balaban J connectivity index is 1.35. The quantitative estimate of drug-likeness (QED) is 0.520. The van der Waals surface area contributed by atoms with Crippen molar-refractivity contribution in [1.82, 2.24) is 4.90 Å². The maximum atomic E-state index is 10.9. The molecule has 154 valence electrons. The third-order valence-electron chi connectivity index (χ3n) is 5.74. The topological polar surface area (TPSA) is 32.8 Å². The summed E-state index contributed by atoms with van der Waals surface area (Å²) in [7, 11) is 0. The van der Waals surface area contributed by atoms with Crippen LogP contribution in [0.5, 0.6) is 5.75 Å². The molecule has 1 fully saturated rings. The lowest BCUT2D eigenvalue weighted by Crippen LogP contribution is -2.45. The smallest absolute Gasteiger partial charge is 0.209 e. The lowest BCUT2D eigenvalue weighted by atomic mass is 9.89. The van der Waals surface area contributed by atoms with Crippen molar-refractivity contribution in [3.63, 3.8) is 0 Å². The van der Waals surface area contributed by atoms with Crippen molar-refractivity contribution in [1.29, 1.82) is 0 Å². The Morgan fingerprint density at radius 3 is 1.87 bits per heavy atom. The van der Waals surface area contributed by atoms with Crippen LogP contribution < -0.4 is 9.64 Å². The van der Waals surface area contributed by atoms with Gasteiger partial charge in [0.05, 0.1) is 6.61 Å². The van der Waals surface area contributed by atoms with Crippen molar-refractivity contribution in [2.24, 2.45) is 0 Å². The van der Waals surface area contributed by atoms with Crippen LogP contribution in [0, 0.1) is 0 Å². The molecule has 3 aromatic carbocycles. The zero-order valence-electron chi connectivity index (χ0n) is 17.2. The summed E-state index contributed by atoms with van der Waals surface area (Å²) in [6, 6.07) is 29.6. The van der Waals surface area contributed by atoms with E-state index in [0.717, 1.165) is 44.8 Å². The Morgan fingerprint density at radius 2 is 1.33 bits per heavy atom. The standard InChI is InChI=1S/C26H28N2O2/c29-21-27-16-18-28(19-17-27)24-11-13-25(14-12-24)30-20-15-26(22-7-3-1-4-8-22)23-9-5-2-6-10-23/h1-14,21,26H,15-20H2. The Bertz CT molecular complexity index is 865. The van der Waals surface area contributed by atoms with Crippen LogP contribution in [0.25, 0.3) is 0 Å². The second-order valence-electron chi connectivity index (χ2n) is 7.63. The van der Waals surface area contributed by atoms with E-state index in [0.29, 0.717) is 12.5 Å². The molecule has 4 rings (SSSR count). The van der Waals surface area contributed by atoms with Crippen molar-refractivity contribution >= 4 is 12.1 Å². The maximum Gasteiger partial charge on any atom is 0.209 e. The molecule has 1 saturated heterocycles. The summed E-state index contributed by atoms with van der Waals surface area (Å²) >= 11 is 0. The fourth-order valence-electron chi connectivity index (χ4n) is 4.03. The predicted octanol–water partition coefficient (Wildman–Crippen LogP) is 4.57. The molecule has 1 aliphatic heterocycles. The molecule has 0 bridgehead atoms. The second kappa shape index (κ2) is 9.97. The molecule has 0 atom stereocenters. The zero-order chi connectivity index (χ0) is 20.6. The van der Waals surface area contributed by atoms with E-state index >= 15 is 0 Å². The van der Waals surface area contributed by atoms with E-state index in [1.54, 1.807) is 0 Å². The van der Waals surface area contributed by atoms with Gasteiger partial charge in [0.15, 0.2) is 0 Å². The van der Waals surface area contributed by atoms with Crippen molar-refractivity contribution < 1.29 is 9.53 Å². The number of amides is 1. The van der Waals surface area contributed by atoms with Gasteiger partial charge in [-0.25, -0.2) is 0 Å². The van der Waals surface area contributed by atoms with E-state index in [2.05, 4.69) is 77.7 Å². The fourth-order valence-corrected chi connectivity index (χ4v) is 4.03. The molecule has 0 unspecified atom stereocenters. The summed E-state index contributed by atoms with van der Waals surface area (Å²) in [5.74, 6) is 1.21. The zero-order valence-corrected chi connectivity index (χ0v) is 17.2. The molecule has 0 spiro atoms. The number of hydrogen-bond acceptors (Lipinski definition) is 3. The molecule has 1 heterocycles. The first-order valence-electron chi connectivity index (χ1n) is 10.6. The molecule has 0 radical (unpaired) electrons. The van der Waals surface area contributed by atoms with Gasteiger partial charge in [0.2, 0.25) is 6.41 Å². The largest absolute Gasteiger partial charge is 0.494 e. The van der Waals surface area contributed by atoms with Crippen LogP contribution in [0.15, 0.2) is 84.9 Å². The Morgan fingerprint density at radius 1 is 0.767 bits per heavy atom. The van der Waals surface area contributed by atoms with Gasteiger partial charge in [-0.3, -0.25) is 4.79 Å². The van der Waals surface area contributed by atoms with E-state index in [1.165, 1.54) is 16.8 Å². The first-order chi connectivity index (χ1) is 14.8. The summed E-state index contributed by atoms with van der Waals surface area (Å²) < 4.78 is 6.08. The minimum Gasteiger partial charge on any atom is -0.494 e. The highest BCUT2D eigenvalue weighted by Gasteiger charge is 2.16. The van der Waals surface area contributed by atoms with Gasteiger partial charge in [-0.05, 0) is 41.8 Å². The molecule has 3 aromatic rings. The summed E-state index contributed by atoms with van der Waals surface area (Å²) in [4.78, 5) is 15.0. The van der Waals surface area contributed by atoms with Crippen LogP contribution >= 0.6 is 0 Å². The number of benzene rings is 3. The number of rotatable bonds is 8. The van der Waals surface area contributed by atoms with Gasteiger partial charge < -0.3 is 14.5 Å². The molecule has 0 N–H and O–H groups in total. The molecule has 4 heteroatoms. The van der Waals surface area contributed by atoms with Gasteiger partial charge in [0.1, 0.15) is 5.75 Å². The molecule has 1 amide bonds. The molecule has 0 aromatic heterocycles. The van der Waals surface area contributed by atoms with E-state index in [9.17, 15) is 4.79 Å². The molecule has 0 saturated carbocycles. The molecule has 0 aliphatic carbocycles. The summed E-state index contributed by atoms with van der Waals surface area (Å²) in [5.41, 5.74) is 3.81. The Hall–Kier alpha value is -3.27. The number of ether oxygens (including phenoxy) is 1. The maximum absolute atomic E-state index is 10.9. The first kappa shape index (κ1) is 20.0. The highest BCUT2D eigenvalue weighted by atomic mass is 16.5. The SMILES string of the molecule is O=CN1CCN(c2ccc(OCCC(c3ccccc3)c3ccccc3)cc2)CC1. The van der Waals surface area contributed by atoms with Gasteiger partial charge in [0.25, 0.3) is 0 Å². The lowest BCUT2D eigenvalue weighted by Gasteiger charge is -2.34. The first-order valence-corrected chi connectivity index (χ1v) is 10.6. The third kappa shape index (κ3) is 5.01. The number of hydrogen-bond donors (Lipinski definition) is 0. The van der Waals surface area contributed by atoms with E-state index in [-0.39, 0.29) is 0 Å².